The first kappa shape index (κ1) is 20.2. The lowest BCUT2D eigenvalue weighted by Gasteiger charge is -2.31. The summed E-state index contributed by atoms with van der Waals surface area (Å²) in [5.41, 5.74) is 1.48. The van der Waals surface area contributed by atoms with E-state index in [0.717, 1.165) is 12.1 Å². The summed E-state index contributed by atoms with van der Waals surface area (Å²) in [6, 6.07) is 5.26. The van der Waals surface area contributed by atoms with Crippen LogP contribution in [0.15, 0.2) is 30.6 Å². The quantitative estimate of drug-likeness (QED) is 0.803. The third kappa shape index (κ3) is 4.84. The third-order valence-corrected chi connectivity index (χ3v) is 5.26. The third-order valence-electron chi connectivity index (χ3n) is 5.03. The zero-order valence-corrected chi connectivity index (χ0v) is 16.9. The molecule has 1 aliphatic heterocycles. The molecule has 1 aromatic carbocycles. The van der Waals surface area contributed by atoms with Crippen LogP contribution in [0.1, 0.15) is 25.3 Å². The van der Waals surface area contributed by atoms with Crippen LogP contribution in [0.3, 0.4) is 0 Å². The lowest BCUT2D eigenvalue weighted by atomic mass is 9.95. The maximum Gasteiger partial charge on any atom is 0.227 e. The van der Waals surface area contributed by atoms with Crippen molar-refractivity contribution in [1.82, 2.24) is 14.7 Å². The Bertz CT molecular complexity index is 844. The number of amides is 2. The monoisotopic (exact) mass is 404 g/mol. The Hall–Kier alpha value is -2.54. The molecule has 0 radical (unpaired) electrons. The molecule has 1 fully saturated rings. The summed E-state index contributed by atoms with van der Waals surface area (Å²) in [7, 11) is 1.57. The number of rotatable bonds is 6. The number of carbonyl (C=O) groups is 2. The number of benzene rings is 1. The number of hydrogen-bond donors (Lipinski definition) is 1. The van der Waals surface area contributed by atoms with Crippen molar-refractivity contribution in [3.63, 3.8) is 0 Å². The summed E-state index contributed by atoms with van der Waals surface area (Å²) in [6.07, 6.45) is 4.99. The zero-order chi connectivity index (χ0) is 20.1. The van der Waals surface area contributed by atoms with Gasteiger partial charge in [0, 0.05) is 42.3 Å². The molecule has 0 saturated carbocycles. The molecule has 3 rings (SSSR count). The van der Waals surface area contributed by atoms with E-state index in [0.29, 0.717) is 42.4 Å². The van der Waals surface area contributed by atoms with Crippen molar-refractivity contribution in [2.24, 2.45) is 5.92 Å². The number of halogens is 1. The van der Waals surface area contributed by atoms with Crippen molar-refractivity contribution < 1.29 is 14.3 Å². The zero-order valence-electron chi connectivity index (χ0n) is 16.2. The molecule has 28 heavy (non-hydrogen) atoms. The topological polar surface area (TPSA) is 76.5 Å². The van der Waals surface area contributed by atoms with Crippen molar-refractivity contribution in [3.05, 3.63) is 41.2 Å². The largest absolute Gasteiger partial charge is 0.496 e. The minimum Gasteiger partial charge on any atom is -0.496 e. The Balaban J connectivity index is 1.52. The molecule has 2 amide bonds. The molecule has 2 heterocycles. The van der Waals surface area contributed by atoms with Crippen molar-refractivity contribution in [2.75, 3.05) is 25.5 Å². The van der Waals surface area contributed by atoms with Gasteiger partial charge in [-0.2, -0.15) is 5.10 Å². The van der Waals surface area contributed by atoms with Crippen LogP contribution in [0.5, 0.6) is 5.75 Å². The summed E-state index contributed by atoms with van der Waals surface area (Å²) < 4.78 is 7.08. The molecule has 150 valence electrons. The second-order valence-electron chi connectivity index (χ2n) is 6.86. The van der Waals surface area contributed by atoms with Crippen molar-refractivity contribution in [2.45, 2.75) is 32.7 Å². The SMILES string of the molecule is CCn1cc(NC(=O)C2CCN(C(=O)Cc3cc(Cl)ccc3OC)CC2)cn1. The average Bonchev–Trinajstić information content (AvgIpc) is 3.16. The van der Waals surface area contributed by atoms with Gasteiger partial charge in [0.2, 0.25) is 11.8 Å². The molecular weight excluding hydrogens is 380 g/mol. The highest BCUT2D eigenvalue weighted by molar-refractivity contribution is 6.30. The van der Waals surface area contributed by atoms with Crippen LogP contribution in [0, 0.1) is 5.92 Å². The van der Waals surface area contributed by atoms with E-state index in [2.05, 4.69) is 10.4 Å². The number of piperidine rings is 1. The fourth-order valence-corrected chi connectivity index (χ4v) is 3.59. The first-order valence-electron chi connectivity index (χ1n) is 9.43. The lowest BCUT2D eigenvalue weighted by Crippen LogP contribution is -2.42. The number of nitrogens with one attached hydrogen (secondary N) is 1. The van der Waals surface area contributed by atoms with E-state index in [4.69, 9.17) is 16.3 Å². The molecule has 2 aromatic rings. The Kier molecular flexibility index (Phi) is 6.57. The Morgan fingerprint density at radius 2 is 2.07 bits per heavy atom. The van der Waals surface area contributed by atoms with E-state index in [9.17, 15) is 9.59 Å². The van der Waals surface area contributed by atoms with Gasteiger partial charge in [-0.1, -0.05) is 11.6 Å². The molecule has 0 bridgehead atoms. The van der Waals surface area contributed by atoms with E-state index >= 15 is 0 Å². The molecule has 0 unspecified atom stereocenters. The van der Waals surface area contributed by atoms with E-state index in [1.165, 1.54) is 0 Å². The highest BCUT2D eigenvalue weighted by Gasteiger charge is 2.28. The Morgan fingerprint density at radius 3 is 2.71 bits per heavy atom. The molecule has 8 heteroatoms. The van der Waals surface area contributed by atoms with Crippen molar-refractivity contribution in [3.8, 4) is 5.75 Å². The molecular formula is C20H25ClN4O3. The van der Waals surface area contributed by atoms with Gasteiger partial charge in [0.05, 0.1) is 25.4 Å². The van der Waals surface area contributed by atoms with Crippen LogP contribution in [-0.4, -0.2) is 46.7 Å². The number of aryl methyl sites for hydroxylation is 1. The lowest BCUT2D eigenvalue weighted by molar-refractivity contribution is -0.133. The molecule has 1 aliphatic rings. The van der Waals surface area contributed by atoms with Crippen LogP contribution in [-0.2, 0) is 22.6 Å². The minimum absolute atomic E-state index is 0.0146. The second kappa shape index (κ2) is 9.10. The van der Waals surface area contributed by atoms with Gasteiger partial charge in [-0.25, -0.2) is 0 Å². The average molecular weight is 405 g/mol. The molecule has 0 aliphatic carbocycles. The van der Waals surface area contributed by atoms with Crippen LogP contribution < -0.4 is 10.1 Å². The van der Waals surface area contributed by atoms with Crippen molar-refractivity contribution >= 4 is 29.1 Å². The Morgan fingerprint density at radius 1 is 1.32 bits per heavy atom. The number of aromatic nitrogens is 2. The fourth-order valence-electron chi connectivity index (χ4n) is 3.40. The first-order chi connectivity index (χ1) is 13.5. The van der Waals surface area contributed by atoms with E-state index < -0.39 is 0 Å². The van der Waals surface area contributed by atoms with Crippen LogP contribution in [0.25, 0.3) is 0 Å². The standard InChI is InChI=1S/C20H25ClN4O3/c1-3-25-13-17(12-22-25)23-20(27)14-6-8-24(9-7-14)19(26)11-15-10-16(21)4-5-18(15)28-2/h4-5,10,12-14H,3,6-9,11H2,1-2H3,(H,23,27). The van der Waals surface area contributed by atoms with Gasteiger partial charge in [0.1, 0.15) is 5.75 Å². The molecule has 1 N–H and O–H groups in total. The van der Waals surface area contributed by atoms with Gasteiger partial charge in [0.15, 0.2) is 0 Å². The summed E-state index contributed by atoms with van der Waals surface area (Å²) in [5.74, 6) is 0.553. The number of nitrogens with zero attached hydrogens (tertiary/aromatic N) is 3. The number of likely N-dealkylation sites (tertiary alicyclic amines) is 1. The van der Waals surface area contributed by atoms with E-state index in [-0.39, 0.29) is 24.2 Å². The van der Waals surface area contributed by atoms with Gasteiger partial charge in [-0.05, 0) is 38.0 Å². The highest BCUT2D eigenvalue weighted by atomic mass is 35.5. The van der Waals surface area contributed by atoms with Gasteiger partial charge >= 0.3 is 0 Å². The molecule has 1 saturated heterocycles. The van der Waals surface area contributed by atoms with Crippen LogP contribution in [0.4, 0.5) is 5.69 Å². The maximum absolute atomic E-state index is 12.7. The highest BCUT2D eigenvalue weighted by Crippen LogP contribution is 2.25. The maximum atomic E-state index is 12.7. The number of carbonyl (C=O) groups excluding carboxylic acids is 2. The molecule has 7 nitrogen and oxygen atoms in total. The normalized spacial score (nSPS) is 14.8. The fraction of sp³-hybridized carbons (Fsp3) is 0.450. The predicted molar refractivity (Wildman–Crippen MR) is 108 cm³/mol. The van der Waals surface area contributed by atoms with Crippen LogP contribution >= 0.6 is 11.6 Å². The second-order valence-corrected chi connectivity index (χ2v) is 7.30. The van der Waals surface area contributed by atoms with Gasteiger partial charge in [-0.15, -0.1) is 0 Å². The number of anilines is 1. The predicted octanol–water partition coefficient (Wildman–Crippen LogP) is 2.98. The number of ether oxygens (including phenoxy) is 1. The number of hydrogen-bond acceptors (Lipinski definition) is 4. The van der Waals surface area contributed by atoms with Crippen LogP contribution in [0.2, 0.25) is 5.02 Å². The minimum atomic E-state index is -0.102. The van der Waals surface area contributed by atoms with E-state index in [1.54, 1.807) is 41.1 Å². The summed E-state index contributed by atoms with van der Waals surface area (Å²) in [6.45, 7) is 3.88. The smallest absolute Gasteiger partial charge is 0.227 e. The van der Waals surface area contributed by atoms with Gasteiger partial charge < -0.3 is 15.0 Å². The summed E-state index contributed by atoms with van der Waals surface area (Å²) in [5, 5.41) is 7.65. The molecule has 1 aromatic heterocycles. The molecule has 0 spiro atoms. The number of methoxy groups -OCH3 is 1. The first-order valence-corrected chi connectivity index (χ1v) is 9.81. The molecule has 0 atom stereocenters. The summed E-state index contributed by atoms with van der Waals surface area (Å²) in [4.78, 5) is 26.9. The Labute approximate surface area is 169 Å². The van der Waals surface area contributed by atoms with Crippen molar-refractivity contribution in [1.29, 1.82) is 0 Å². The summed E-state index contributed by atoms with van der Waals surface area (Å²) >= 11 is 6.04. The van der Waals surface area contributed by atoms with Gasteiger partial charge in [-0.3, -0.25) is 14.3 Å². The van der Waals surface area contributed by atoms with Gasteiger partial charge in [0.25, 0.3) is 0 Å². The van der Waals surface area contributed by atoms with E-state index in [1.807, 2.05) is 13.1 Å².